The maximum absolute atomic E-state index is 12.8. The number of aryl methyl sites for hydroxylation is 1. The van der Waals surface area contributed by atoms with E-state index < -0.39 is 0 Å². The molecule has 7 nitrogen and oxygen atoms in total. The summed E-state index contributed by atoms with van der Waals surface area (Å²) >= 11 is 1.49. The molecule has 1 amide bonds. The van der Waals surface area contributed by atoms with Crippen LogP contribution in [0.1, 0.15) is 32.3 Å². The van der Waals surface area contributed by atoms with Gasteiger partial charge in [-0.15, -0.1) is 10.2 Å². The minimum atomic E-state index is 0.192. The fraction of sp³-hybridized carbons (Fsp3) is 0.591. The highest BCUT2D eigenvalue weighted by atomic mass is 32.2. The Morgan fingerprint density at radius 3 is 2.77 bits per heavy atom. The summed E-state index contributed by atoms with van der Waals surface area (Å²) in [6, 6.07) is 8.37. The van der Waals surface area contributed by atoms with Gasteiger partial charge in [-0.2, -0.15) is 0 Å². The second-order valence-electron chi connectivity index (χ2n) is 8.08. The van der Waals surface area contributed by atoms with Crippen LogP contribution in [0.2, 0.25) is 0 Å². The van der Waals surface area contributed by atoms with Gasteiger partial charge in [0.15, 0.2) is 5.16 Å². The number of carbonyl (C=O) groups is 1. The number of para-hydroxylation sites is 1. The first-order valence-corrected chi connectivity index (χ1v) is 11.9. The minimum Gasteiger partial charge on any atom is -0.378 e. The highest BCUT2D eigenvalue weighted by Crippen LogP contribution is 2.29. The second-order valence-corrected chi connectivity index (χ2v) is 9.02. The lowest BCUT2D eigenvalue weighted by Crippen LogP contribution is -2.40. The molecule has 0 unspecified atom stereocenters. The van der Waals surface area contributed by atoms with Gasteiger partial charge in [0.2, 0.25) is 11.9 Å². The SMILES string of the molecule is CCc1ccccc1-n1c(SCC(=O)N2CCC[C@@H](C)C2)nnc1N1CCOCC1. The maximum Gasteiger partial charge on any atom is 0.233 e. The summed E-state index contributed by atoms with van der Waals surface area (Å²) in [6.07, 6.45) is 3.23. The van der Waals surface area contributed by atoms with E-state index in [1.54, 1.807) is 0 Å². The van der Waals surface area contributed by atoms with E-state index in [1.165, 1.54) is 23.7 Å². The molecule has 1 aromatic heterocycles. The van der Waals surface area contributed by atoms with E-state index in [-0.39, 0.29) is 5.91 Å². The molecular formula is C22H31N5O2S. The van der Waals surface area contributed by atoms with Crippen LogP contribution in [0.15, 0.2) is 29.4 Å². The third kappa shape index (κ3) is 4.64. The molecule has 2 saturated heterocycles. The number of carbonyl (C=O) groups excluding carboxylic acids is 1. The lowest BCUT2D eigenvalue weighted by Gasteiger charge is -2.31. The van der Waals surface area contributed by atoms with Crippen LogP contribution in [0.3, 0.4) is 0 Å². The molecule has 0 bridgehead atoms. The van der Waals surface area contributed by atoms with Crippen LogP contribution in [0.5, 0.6) is 0 Å². The van der Waals surface area contributed by atoms with Crippen molar-refractivity contribution in [3.05, 3.63) is 29.8 Å². The van der Waals surface area contributed by atoms with Crippen LogP contribution < -0.4 is 4.90 Å². The Morgan fingerprint density at radius 1 is 1.20 bits per heavy atom. The number of aromatic nitrogens is 3. The van der Waals surface area contributed by atoms with Gasteiger partial charge in [0, 0.05) is 26.2 Å². The summed E-state index contributed by atoms with van der Waals surface area (Å²) in [5.41, 5.74) is 2.33. The molecule has 30 heavy (non-hydrogen) atoms. The molecule has 2 aliphatic rings. The van der Waals surface area contributed by atoms with Crippen molar-refractivity contribution in [3.63, 3.8) is 0 Å². The molecule has 3 heterocycles. The number of rotatable bonds is 6. The number of anilines is 1. The van der Waals surface area contributed by atoms with Gasteiger partial charge in [-0.3, -0.25) is 9.36 Å². The van der Waals surface area contributed by atoms with Crippen LogP contribution in [0, 0.1) is 5.92 Å². The fourth-order valence-electron chi connectivity index (χ4n) is 4.20. The average molecular weight is 430 g/mol. The average Bonchev–Trinajstić information content (AvgIpc) is 3.21. The van der Waals surface area contributed by atoms with E-state index in [1.807, 2.05) is 11.0 Å². The van der Waals surface area contributed by atoms with Crippen molar-refractivity contribution in [2.45, 2.75) is 38.3 Å². The van der Waals surface area contributed by atoms with E-state index in [2.05, 4.69) is 51.7 Å². The van der Waals surface area contributed by atoms with Gasteiger partial charge in [0.25, 0.3) is 0 Å². The summed E-state index contributed by atoms with van der Waals surface area (Å²) < 4.78 is 7.64. The zero-order chi connectivity index (χ0) is 20.9. The largest absolute Gasteiger partial charge is 0.378 e. The van der Waals surface area contributed by atoms with Crippen molar-refractivity contribution in [1.82, 2.24) is 19.7 Å². The normalized spacial score (nSPS) is 19.9. The highest BCUT2D eigenvalue weighted by molar-refractivity contribution is 7.99. The molecule has 0 aliphatic carbocycles. The number of amides is 1. The number of benzene rings is 1. The first-order valence-electron chi connectivity index (χ1n) is 10.9. The minimum absolute atomic E-state index is 0.192. The van der Waals surface area contributed by atoms with Gasteiger partial charge < -0.3 is 14.5 Å². The van der Waals surface area contributed by atoms with Crippen LogP contribution in [0.4, 0.5) is 5.95 Å². The fourth-order valence-corrected chi connectivity index (χ4v) is 5.04. The molecule has 0 saturated carbocycles. The zero-order valence-electron chi connectivity index (χ0n) is 17.9. The van der Waals surface area contributed by atoms with Crippen molar-refractivity contribution in [1.29, 1.82) is 0 Å². The van der Waals surface area contributed by atoms with E-state index in [0.717, 1.165) is 55.8 Å². The number of hydrogen-bond donors (Lipinski definition) is 0. The highest BCUT2D eigenvalue weighted by Gasteiger charge is 2.25. The first-order chi connectivity index (χ1) is 14.7. The number of nitrogens with zero attached hydrogens (tertiary/aromatic N) is 5. The van der Waals surface area contributed by atoms with Crippen molar-refractivity contribution >= 4 is 23.6 Å². The van der Waals surface area contributed by atoms with E-state index in [9.17, 15) is 4.79 Å². The second kappa shape index (κ2) is 9.83. The van der Waals surface area contributed by atoms with Crippen molar-refractivity contribution in [2.75, 3.05) is 50.0 Å². The molecule has 0 N–H and O–H groups in total. The van der Waals surface area contributed by atoms with Crippen molar-refractivity contribution in [3.8, 4) is 5.69 Å². The Bertz CT molecular complexity index is 865. The van der Waals surface area contributed by atoms with E-state index >= 15 is 0 Å². The van der Waals surface area contributed by atoms with Crippen molar-refractivity contribution < 1.29 is 9.53 Å². The molecule has 2 fully saturated rings. The van der Waals surface area contributed by atoms with Crippen LogP contribution in [-0.2, 0) is 16.0 Å². The monoisotopic (exact) mass is 429 g/mol. The van der Waals surface area contributed by atoms with Crippen LogP contribution in [-0.4, -0.2) is 70.7 Å². The molecule has 8 heteroatoms. The molecule has 2 aliphatic heterocycles. The van der Waals surface area contributed by atoms with Crippen molar-refractivity contribution in [2.24, 2.45) is 5.92 Å². The number of likely N-dealkylation sites (tertiary alicyclic amines) is 1. The lowest BCUT2D eigenvalue weighted by molar-refractivity contribution is -0.130. The smallest absolute Gasteiger partial charge is 0.233 e. The first kappa shape index (κ1) is 21.2. The molecule has 162 valence electrons. The molecule has 1 atom stereocenters. The predicted octanol–water partition coefficient (Wildman–Crippen LogP) is 3.02. The van der Waals surface area contributed by atoms with E-state index in [0.29, 0.717) is 24.9 Å². The molecule has 0 radical (unpaired) electrons. The van der Waals surface area contributed by atoms with Gasteiger partial charge in [-0.05, 0) is 36.8 Å². The zero-order valence-corrected chi connectivity index (χ0v) is 18.7. The topological polar surface area (TPSA) is 63.5 Å². The standard InChI is InChI=1S/C22H31N5O2S/c1-3-18-8-4-5-9-19(18)27-21(25-11-13-29-14-12-25)23-24-22(27)30-16-20(28)26-10-6-7-17(2)15-26/h4-5,8-9,17H,3,6-7,10-16H2,1-2H3/t17-/m1/s1. The molecule has 4 rings (SSSR count). The van der Waals surface area contributed by atoms with E-state index in [4.69, 9.17) is 4.74 Å². The number of ether oxygens (including phenoxy) is 1. The predicted molar refractivity (Wildman–Crippen MR) is 119 cm³/mol. The Balaban J connectivity index is 1.59. The quantitative estimate of drug-likeness (QED) is 0.658. The molecular weight excluding hydrogens is 398 g/mol. The van der Waals surface area contributed by atoms with Gasteiger partial charge >= 0.3 is 0 Å². The Morgan fingerprint density at radius 2 is 2.00 bits per heavy atom. The number of thioether (sulfide) groups is 1. The molecule has 0 spiro atoms. The Labute approximate surface area is 182 Å². The van der Waals surface area contributed by atoms with Gasteiger partial charge in [-0.1, -0.05) is 43.8 Å². The summed E-state index contributed by atoms with van der Waals surface area (Å²) in [5.74, 6) is 2.00. The van der Waals surface area contributed by atoms with Gasteiger partial charge in [0.1, 0.15) is 0 Å². The Hall–Kier alpha value is -2.06. The number of hydrogen-bond acceptors (Lipinski definition) is 6. The summed E-state index contributed by atoms with van der Waals surface area (Å²) in [4.78, 5) is 17.0. The number of morpholine rings is 1. The number of piperidine rings is 1. The van der Waals surface area contributed by atoms with Gasteiger partial charge in [-0.25, -0.2) is 0 Å². The maximum atomic E-state index is 12.8. The summed E-state index contributed by atoms with van der Waals surface area (Å²) in [5, 5.41) is 9.80. The van der Waals surface area contributed by atoms with Gasteiger partial charge in [0.05, 0.1) is 24.7 Å². The molecule has 2 aromatic rings. The Kier molecular flexibility index (Phi) is 6.94. The van der Waals surface area contributed by atoms with Crippen LogP contribution >= 0.6 is 11.8 Å². The third-order valence-corrected chi connectivity index (χ3v) is 6.77. The lowest BCUT2D eigenvalue weighted by atomic mass is 10.0. The van der Waals surface area contributed by atoms with Crippen LogP contribution in [0.25, 0.3) is 5.69 Å². The summed E-state index contributed by atoms with van der Waals surface area (Å²) in [6.45, 7) is 9.08. The molecule has 1 aromatic carbocycles. The third-order valence-electron chi connectivity index (χ3n) is 5.86. The summed E-state index contributed by atoms with van der Waals surface area (Å²) in [7, 11) is 0.